The number of likely N-dealkylation sites (N-methyl/N-ethyl adjacent to an activating group) is 1. The van der Waals surface area contributed by atoms with Crippen molar-refractivity contribution in [3.05, 3.63) is 22.4 Å². The highest BCUT2D eigenvalue weighted by molar-refractivity contribution is 7.09. The molecule has 1 heterocycles. The molecule has 0 aromatic carbocycles. The van der Waals surface area contributed by atoms with E-state index in [9.17, 15) is 0 Å². The first kappa shape index (κ1) is 12.1. The molecule has 90 valence electrons. The van der Waals surface area contributed by atoms with Crippen molar-refractivity contribution in [1.82, 2.24) is 4.90 Å². The van der Waals surface area contributed by atoms with E-state index < -0.39 is 0 Å². The summed E-state index contributed by atoms with van der Waals surface area (Å²) in [6.07, 6.45) is 6.75. The largest absolute Gasteiger partial charge is 0.303 e. The van der Waals surface area contributed by atoms with Gasteiger partial charge < -0.3 is 4.90 Å². The molecule has 0 N–H and O–H groups in total. The Bertz CT molecular complexity index is 307. The highest BCUT2D eigenvalue weighted by Crippen LogP contribution is 2.38. The van der Waals surface area contributed by atoms with Crippen molar-refractivity contribution >= 4 is 11.3 Å². The molecule has 0 atom stereocenters. The highest BCUT2D eigenvalue weighted by atomic mass is 32.1. The molecule has 1 aliphatic rings. The van der Waals surface area contributed by atoms with Crippen LogP contribution in [0.15, 0.2) is 17.5 Å². The van der Waals surface area contributed by atoms with E-state index in [0.717, 1.165) is 5.92 Å². The molecular formula is C14H23NS. The van der Waals surface area contributed by atoms with E-state index in [2.05, 4.69) is 43.4 Å². The van der Waals surface area contributed by atoms with Crippen LogP contribution in [0.3, 0.4) is 0 Å². The second-order valence-corrected chi connectivity index (χ2v) is 6.59. The Labute approximate surface area is 103 Å². The summed E-state index contributed by atoms with van der Waals surface area (Å²) in [5.74, 6) is 0.927. The van der Waals surface area contributed by atoms with E-state index in [0.29, 0.717) is 5.54 Å². The van der Waals surface area contributed by atoms with Gasteiger partial charge in [-0.05, 0) is 57.1 Å². The molecule has 1 aromatic rings. The van der Waals surface area contributed by atoms with Crippen molar-refractivity contribution in [2.24, 2.45) is 5.92 Å². The Morgan fingerprint density at radius 1 is 1.38 bits per heavy atom. The molecule has 0 aliphatic heterocycles. The average molecular weight is 237 g/mol. The number of hydrogen-bond donors (Lipinski definition) is 0. The first-order valence-electron chi connectivity index (χ1n) is 6.32. The lowest BCUT2D eigenvalue weighted by atomic mass is 9.74. The average Bonchev–Trinajstić information content (AvgIpc) is 2.74. The normalized spacial score (nSPS) is 30.9. The van der Waals surface area contributed by atoms with E-state index in [-0.39, 0.29) is 0 Å². The van der Waals surface area contributed by atoms with Gasteiger partial charge in [-0.1, -0.05) is 13.0 Å². The standard InChI is InChI=1S/C14H23NS/c1-12-6-8-14(9-7-12,15(2)3)11-13-5-4-10-16-13/h4-5,10,12H,6-9,11H2,1-3H3. The number of rotatable bonds is 3. The van der Waals surface area contributed by atoms with Gasteiger partial charge in [-0.2, -0.15) is 0 Å². The topological polar surface area (TPSA) is 3.24 Å². The molecule has 0 unspecified atom stereocenters. The van der Waals surface area contributed by atoms with Crippen molar-refractivity contribution in [1.29, 1.82) is 0 Å². The van der Waals surface area contributed by atoms with Gasteiger partial charge in [0.05, 0.1) is 0 Å². The summed E-state index contributed by atoms with van der Waals surface area (Å²) in [4.78, 5) is 4.02. The molecule has 1 aromatic heterocycles. The highest BCUT2D eigenvalue weighted by Gasteiger charge is 2.36. The molecule has 1 nitrogen and oxygen atoms in total. The zero-order valence-electron chi connectivity index (χ0n) is 10.7. The Morgan fingerprint density at radius 2 is 2.06 bits per heavy atom. The lowest BCUT2D eigenvalue weighted by Crippen LogP contribution is -2.48. The third-order valence-corrected chi connectivity index (χ3v) is 5.11. The minimum atomic E-state index is 0.428. The molecule has 1 aliphatic carbocycles. The van der Waals surface area contributed by atoms with Crippen LogP contribution >= 0.6 is 11.3 Å². The molecule has 0 saturated heterocycles. The molecule has 2 heteroatoms. The van der Waals surface area contributed by atoms with E-state index >= 15 is 0 Å². The summed E-state index contributed by atoms with van der Waals surface area (Å²) in [6, 6.07) is 4.46. The van der Waals surface area contributed by atoms with Crippen molar-refractivity contribution in [2.45, 2.75) is 44.6 Å². The summed E-state index contributed by atoms with van der Waals surface area (Å²) in [7, 11) is 4.51. The van der Waals surface area contributed by atoms with Crippen LogP contribution in [-0.2, 0) is 6.42 Å². The smallest absolute Gasteiger partial charge is 0.0251 e. The van der Waals surface area contributed by atoms with Gasteiger partial charge in [0.1, 0.15) is 0 Å². The number of nitrogens with zero attached hydrogens (tertiary/aromatic N) is 1. The van der Waals surface area contributed by atoms with Crippen LogP contribution in [0.2, 0.25) is 0 Å². The van der Waals surface area contributed by atoms with Crippen molar-refractivity contribution in [2.75, 3.05) is 14.1 Å². The second-order valence-electron chi connectivity index (χ2n) is 5.56. The molecule has 2 rings (SSSR count). The summed E-state index contributed by atoms with van der Waals surface area (Å²) in [5, 5.41) is 2.20. The molecule has 0 amide bonds. The fourth-order valence-corrected chi connectivity index (χ4v) is 3.66. The fourth-order valence-electron chi connectivity index (χ4n) is 2.82. The van der Waals surface area contributed by atoms with Gasteiger partial charge in [-0.15, -0.1) is 11.3 Å². The van der Waals surface area contributed by atoms with Gasteiger partial charge in [-0.3, -0.25) is 0 Å². The van der Waals surface area contributed by atoms with Gasteiger partial charge in [0.2, 0.25) is 0 Å². The third kappa shape index (κ3) is 2.49. The van der Waals surface area contributed by atoms with E-state index in [4.69, 9.17) is 0 Å². The van der Waals surface area contributed by atoms with Crippen molar-refractivity contribution < 1.29 is 0 Å². The predicted molar refractivity (Wildman–Crippen MR) is 72.1 cm³/mol. The predicted octanol–water partition coefficient (Wildman–Crippen LogP) is 3.80. The first-order valence-corrected chi connectivity index (χ1v) is 7.20. The fraction of sp³-hybridized carbons (Fsp3) is 0.714. The number of hydrogen-bond acceptors (Lipinski definition) is 2. The quantitative estimate of drug-likeness (QED) is 0.773. The van der Waals surface area contributed by atoms with Gasteiger partial charge in [0.15, 0.2) is 0 Å². The second kappa shape index (κ2) is 4.89. The van der Waals surface area contributed by atoms with E-state index in [1.165, 1.54) is 32.1 Å². The molecule has 0 spiro atoms. The van der Waals surface area contributed by atoms with Crippen LogP contribution in [0.1, 0.15) is 37.5 Å². The van der Waals surface area contributed by atoms with Crippen LogP contribution in [0, 0.1) is 5.92 Å². The van der Waals surface area contributed by atoms with E-state index in [1.807, 2.05) is 11.3 Å². The summed E-state index contributed by atoms with van der Waals surface area (Å²) < 4.78 is 0. The van der Waals surface area contributed by atoms with Gasteiger partial charge in [0, 0.05) is 16.8 Å². The molecule has 16 heavy (non-hydrogen) atoms. The SMILES string of the molecule is CC1CCC(Cc2cccs2)(N(C)C)CC1. The molecule has 0 radical (unpaired) electrons. The van der Waals surface area contributed by atoms with Gasteiger partial charge in [0.25, 0.3) is 0 Å². The van der Waals surface area contributed by atoms with Crippen LogP contribution in [0.5, 0.6) is 0 Å². The minimum absolute atomic E-state index is 0.428. The Morgan fingerprint density at radius 3 is 2.56 bits per heavy atom. The molecule has 1 saturated carbocycles. The summed E-state index contributed by atoms with van der Waals surface area (Å²) >= 11 is 1.91. The van der Waals surface area contributed by atoms with Gasteiger partial charge in [-0.25, -0.2) is 0 Å². The monoisotopic (exact) mass is 237 g/mol. The van der Waals surface area contributed by atoms with Gasteiger partial charge >= 0.3 is 0 Å². The summed E-state index contributed by atoms with van der Waals surface area (Å²) in [6.45, 7) is 2.39. The molecular weight excluding hydrogens is 214 g/mol. The first-order chi connectivity index (χ1) is 7.62. The minimum Gasteiger partial charge on any atom is -0.303 e. The van der Waals surface area contributed by atoms with Crippen LogP contribution in [-0.4, -0.2) is 24.5 Å². The van der Waals surface area contributed by atoms with Crippen molar-refractivity contribution in [3.63, 3.8) is 0 Å². The maximum absolute atomic E-state index is 2.47. The maximum Gasteiger partial charge on any atom is 0.0251 e. The maximum atomic E-state index is 2.47. The summed E-state index contributed by atoms with van der Waals surface area (Å²) in [5.41, 5.74) is 0.428. The van der Waals surface area contributed by atoms with Crippen LogP contribution in [0.25, 0.3) is 0 Å². The van der Waals surface area contributed by atoms with E-state index in [1.54, 1.807) is 4.88 Å². The molecule has 0 bridgehead atoms. The Hall–Kier alpha value is -0.340. The zero-order valence-corrected chi connectivity index (χ0v) is 11.5. The zero-order chi connectivity index (χ0) is 11.6. The number of thiophene rings is 1. The Balaban J connectivity index is 2.10. The van der Waals surface area contributed by atoms with Crippen LogP contribution in [0.4, 0.5) is 0 Å². The Kier molecular flexibility index (Phi) is 3.70. The molecule has 1 fully saturated rings. The van der Waals surface area contributed by atoms with Crippen molar-refractivity contribution in [3.8, 4) is 0 Å². The lowest BCUT2D eigenvalue weighted by molar-refractivity contribution is 0.0838. The third-order valence-electron chi connectivity index (χ3n) is 4.24. The van der Waals surface area contributed by atoms with Crippen LogP contribution < -0.4 is 0 Å². The lowest BCUT2D eigenvalue weighted by Gasteiger charge is -2.44.